The van der Waals surface area contributed by atoms with E-state index in [2.05, 4.69) is 4.98 Å². The average molecular weight is 387 g/mol. The molecule has 150 valence electrons. The lowest BCUT2D eigenvalue weighted by atomic mass is 10.1. The number of carbonyl (C=O) groups excluding carboxylic acids is 3. The van der Waals surface area contributed by atoms with Gasteiger partial charge in [-0.05, 0) is 51.0 Å². The van der Waals surface area contributed by atoms with Crippen molar-refractivity contribution in [3.05, 3.63) is 52.3 Å². The van der Waals surface area contributed by atoms with Gasteiger partial charge in [-0.1, -0.05) is 12.1 Å². The molecule has 7 nitrogen and oxygen atoms in total. The fraction of sp³-hybridized carbons (Fsp3) is 0.381. The van der Waals surface area contributed by atoms with Crippen LogP contribution in [0.15, 0.2) is 24.3 Å². The van der Waals surface area contributed by atoms with Gasteiger partial charge < -0.3 is 19.2 Å². The van der Waals surface area contributed by atoms with Crippen LogP contribution in [0, 0.1) is 13.8 Å². The van der Waals surface area contributed by atoms with Crippen LogP contribution in [0.3, 0.4) is 0 Å². The lowest BCUT2D eigenvalue weighted by molar-refractivity contribution is -0.145. The summed E-state index contributed by atoms with van der Waals surface area (Å²) in [5.41, 5.74) is 2.31. The van der Waals surface area contributed by atoms with E-state index in [9.17, 15) is 14.4 Å². The number of aromatic nitrogens is 1. The molecule has 0 saturated carbocycles. The summed E-state index contributed by atoms with van der Waals surface area (Å²) in [6, 6.07) is 7.06. The molecule has 1 atom stereocenters. The fourth-order valence-electron chi connectivity index (χ4n) is 2.95. The Morgan fingerprint density at radius 2 is 1.89 bits per heavy atom. The van der Waals surface area contributed by atoms with E-state index in [1.807, 2.05) is 0 Å². The maximum Gasteiger partial charge on any atom is 0.340 e. The molecule has 7 heteroatoms. The van der Waals surface area contributed by atoms with Gasteiger partial charge in [0.05, 0.1) is 31.4 Å². The van der Waals surface area contributed by atoms with Crippen LogP contribution in [-0.2, 0) is 20.7 Å². The van der Waals surface area contributed by atoms with Gasteiger partial charge in [-0.3, -0.25) is 9.59 Å². The molecule has 0 amide bonds. The number of ketones is 1. The van der Waals surface area contributed by atoms with Crippen LogP contribution in [-0.4, -0.2) is 42.5 Å². The minimum atomic E-state index is -0.995. The lowest BCUT2D eigenvalue weighted by Crippen LogP contribution is -2.26. The van der Waals surface area contributed by atoms with E-state index in [4.69, 9.17) is 14.2 Å². The summed E-state index contributed by atoms with van der Waals surface area (Å²) in [4.78, 5) is 39.9. The zero-order valence-corrected chi connectivity index (χ0v) is 16.8. The molecule has 0 aliphatic rings. The Balaban J connectivity index is 2.09. The van der Waals surface area contributed by atoms with E-state index in [-0.39, 0.29) is 18.7 Å². The first-order valence-electron chi connectivity index (χ1n) is 9.01. The van der Waals surface area contributed by atoms with Gasteiger partial charge in [-0.25, -0.2) is 4.79 Å². The van der Waals surface area contributed by atoms with Crippen LogP contribution < -0.4 is 4.74 Å². The maximum atomic E-state index is 12.7. The molecular formula is C21H25NO6. The smallest absolute Gasteiger partial charge is 0.340 e. The average Bonchev–Trinajstić information content (AvgIpc) is 2.95. The minimum absolute atomic E-state index is 0.0195. The van der Waals surface area contributed by atoms with Crippen molar-refractivity contribution in [2.75, 3.05) is 13.7 Å². The minimum Gasteiger partial charge on any atom is -0.497 e. The van der Waals surface area contributed by atoms with Crippen molar-refractivity contribution in [3.63, 3.8) is 0 Å². The molecule has 0 aliphatic heterocycles. The molecule has 1 aromatic carbocycles. The van der Waals surface area contributed by atoms with E-state index in [0.29, 0.717) is 22.6 Å². The molecule has 0 bridgehead atoms. The molecule has 1 N–H and O–H groups in total. The number of carbonyl (C=O) groups is 3. The highest BCUT2D eigenvalue weighted by atomic mass is 16.5. The summed E-state index contributed by atoms with van der Waals surface area (Å²) in [5.74, 6) is -0.787. The lowest BCUT2D eigenvalue weighted by Gasteiger charge is -2.12. The van der Waals surface area contributed by atoms with Gasteiger partial charge in [0, 0.05) is 5.69 Å². The highest BCUT2D eigenvalue weighted by Gasteiger charge is 2.27. The number of esters is 2. The largest absolute Gasteiger partial charge is 0.497 e. The number of H-pyrrole nitrogens is 1. The molecule has 2 aromatic rings. The molecule has 1 aromatic heterocycles. The second kappa shape index (κ2) is 9.21. The predicted molar refractivity (Wildman–Crippen MR) is 103 cm³/mol. The summed E-state index contributed by atoms with van der Waals surface area (Å²) in [6.45, 7) is 6.81. The van der Waals surface area contributed by atoms with Crippen molar-refractivity contribution in [3.8, 4) is 5.75 Å². The number of ether oxygens (including phenoxy) is 3. The second-order valence-corrected chi connectivity index (χ2v) is 6.37. The Morgan fingerprint density at radius 1 is 1.18 bits per heavy atom. The number of aryl methyl sites for hydroxylation is 1. The predicted octanol–water partition coefficient (Wildman–Crippen LogP) is 3.17. The molecule has 0 unspecified atom stereocenters. The van der Waals surface area contributed by atoms with Crippen LogP contribution in [0.5, 0.6) is 5.75 Å². The molecule has 0 spiro atoms. The zero-order valence-electron chi connectivity index (χ0n) is 16.8. The Morgan fingerprint density at radius 3 is 2.54 bits per heavy atom. The van der Waals surface area contributed by atoms with Crippen molar-refractivity contribution in [2.24, 2.45) is 0 Å². The third-order valence-corrected chi connectivity index (χ3v) is 4.32. The van der Waals surface area contributed by atoms with E-state index in [0.717, 1.165) is 5.56 Å². The van der Waals surface area contributed by atoms with E-state index in [1.165, 1.54) is 6.92 Å². The number of aromatic amines is 1. The van der Waals surface area contributed by atoms with Gasteiger partial charge in [0.25, 0.3) is 0 Å². The van der Waals surface area contributed by atoms with Gasteiger partial charge in [0.1, 0.15) is 5.75 Å². The SMILES string of the molecule is CCOC(=O)c1c(C)[nH]c(C(=O)[C@@H](C)OC(=O)Cc2cccc(OC)c2)c1C. The monoisotopic (exact) mass is 387 g/mol. The van der Waals surface area contributed by atoms with Crippen LogP contribution in [0.1, 0.15) is 51.5 Å². The number of methoxy groups -OCH3 is 1. The Kier molecular flexibility index (Phi) is 6.98. The molecular weight excluding hydrogens is 362 g/mol. The standard InChI is InChI=1S/C21H25NO6/c1-6-27-21(25)18-12(2)19(22-13(18)3)20(24)14(4)28-17(23)11-15-8-7-9-16(10-15)26-5/h7-10,14,22H,6,11H2,1-5H3/t14-/m1/s1. The maximum absolute atomic E-state index is 12.7. The van der Waals surface area contributed by atoms with Crippen molar-refractivity contribution in [1.82, 2.24) is 4.98 Å². The number of rotatable bonds is 8. The fourth-order valence-corrected chi connectivity index (χ4v) is 2.95. The van der Waals surface area contributed by atoms with Crippen molar-refractivity contribution < 1.29 is 28.6 Å². The first-order chi connectivity index (χ1) is 13.3. The summed E-state index contributed by atoms with van der Waals surface area (Å²) in [6.07, 6.45) is -0.976. The quantitative estimate of drug-likeness (QED) is 0.552. The van der Waals surface area contributed by atoms with Crippen molar-refractivity contribution >= 4 is 17.7 Å². The number of hydrogen-bond donors (Lipinski definition) is 1. The molecule has 0 radical (unpaired) electrons. The normalized spacial score (nSPS) is 11.6. The van der Waals surface area contributed by atoms with Gasteiger partial charge in [-0.2, -0.15) is 0 Å². The summed E-state index contributed by atoms with van der Waals surface area (Å²) in [7, 11) is 1.55. The summed E-state index contributed by atoms with van der Waals surface area (Å²) >= 11 is 0. The highest BCUT2D eigenvalue weighted by molar-refractivity contribution is 6.04. The molecule has 28 heavy (non-hydrogen) atoms. The number of nitrogens with one attached hydrogen (secondary N) is 1. The first-order valence-corrected chi connectivity index (χ1v) is 9.01. The highest BCUT2D eigenvalue weighted by Crippen LogP contribution is 2.21. The number of hydrogen-bond acceptors (Lipinski definition) is 6. The van der Waals surface area contributed by atoms with Crippen LogP contribution in [0.25, 0.3) is 0 Å². The van der Waals surface area contributed by atoms with E-state index < -0.39 is 23.8 Å². The van der Waals surface area contributed by atoms with E-state index in [1.54, 1.807) is 52.1 Å². The zero-order chi connectivity index (χ0) is 20.8. The van der Waals surface area contributed by atoms with E-state index >= 15 is 0 Å². The van der Waals surface area contributed by atoms with Gasteiger partial charge >= 0.3 is 11.9 Å². The third kappa shape index (κ3) is 4.79. The Labute approximate surface area is 164 Å². The third-order valence-electron chi connectivity index (χ3n) is 4.32. The van der Waals surface area contributed by atoms with Crippen molar-refractivity contribution in [1.29, 1.82) is 0 Å². The number of Topliss-reactive ketones (excluding diaryl/α,β-unsaturated/α-hetero) is 1. The summed E-state index contributed by atoms with van der Waals surface area (Å²) < 4.78 is 15.4. The van der Waals surface area contributed by atoms with Gasteiger partial charge in [0.15, 0.2) is 6.10 Å². The Hall–Kier alpha value is -3.09. The summed E-state index contributed by atoms with van der Waals surface area (Å²) in [5, 5.41) is 0. The number of benzene rings is 1. The Bertz CT molecular complexity index is 883. The van der Waals surface area contributed by atoms with Crippen LogP contribution in [0.4, 0.5) is 0 Å². The molecule has 2 rings (SSSR count). The molecule has 1 heterocycles. The van der Waals surface area contributed by atoms with Gasteiger partial charge in [-0.15, -0.1) is 0 Å². The first kappa shape index (κ1) is 21.2. The second-order valence-electron chi connectivity index (χ2n) is 6.37. The molecule has 0 aliphatic carbocycles. The topological polar surface area (TPSA) is 94.7 Å². The molecule has 0 fully saturated rings. The molecule has 0 saturated heterocycles. The van der Waals surface area contributed by atoms with Crippen LogP contribution in [0.2, 0.25) is 0 Å². The van der Waals surface area contributed by atoms with Gasteiger partial charge in [0.2, 0.25) is 5.78 Å². The van der Waals surface area contributed by atoms with Crippen LogP contribution >= 0.6 is 0 Å². The van der Waals surface area contributed by atoms with Crippen molar-refractivity contribution in [2.45, 2.75) is 40.2 Å².